The van der Waals surface area contributed by atoms with Gasteiger partial charge in [0.1, 0.15) is 0 Å². The molecule has 4 heteroatoms. The first-order chi connectivity index (χ1) is 9.07. The fraction of sp³-hybridized carbons (Fsp3) is 0.533. The number of rotatable bonds is 5. The number of halogens is 1. The van der Waals surface area contributed by atoms with Crippen LogP contribution in [0.1, 0.15) is 35.2 Å². The van der Waals surface area contributed by atoms with Gasteiger partial charge in [-0.2, -0.15) is 0 Å². The molecule has 0 atom stereocenters. The molecule has 1 amide bonds. The molecule has 104 valence electrons. The Morgan fingerprint density at radius 2 is 2.16 bits per heavy atom. The Hall–Kier alpha value is -1.06. The van der Waals surface area contributed by atoms with Crippen molar-refractivity contribution in [2.75, 3.05) is 20.6 Å². The summed E-state index contributed by atoms with van der Waals surface area (Å²) < 4.78 is 0. The van der Waals surface area contributed by atoms with Crippen molar-refractivity contribution >= 4 is 17.5 Å². The van der Waals surface area contributed by atoms with Crippen molar-refractivity contribution in [1.82, 2.24) is 10.2 Å². The van der Waals surface area contributed by atoms with E-state index in [-0.39, 0.29) is 11.4 Å². The molecule has 3 nitrogen and oxygen atoms in total. The van der Waals surface area contributed by atoms with Gasteiger partial charge in [-0.15, -0.1) is 11.6 Å². The summed E-state index contributed by atoms with van der Waals surface area (Å²) in [6.07, 6.45) is 3.56. The minimum absolute atomic E-state index is 0.0138. The van der Waals surface area contributed by atoms with E-state index in [0.29, 0.717) is 18.0 Å². The van der Waals surface area contributed by atoms with Crippen LogP contribution in [0.15, 0.2) is 24.3 Å². The number of carbonyl (C=O) groups excluding carboxylic acids is 1. The van der Waals surface area contributed by atoms with Gasteiger partial charge >= 0.3 is 0 Å². The van der Waals surface area contributed by atoms with E-state index in [2.05, 4.69) is 24.3 Å². The summed E-state index contributed by atoms with van der Waals surface area (Å²) in [7, 11) is 4.17. The van der Waals surface area contributed by atoms with Crippen LogP contribution in [0.4, 0.5) is 0 Å². The second-order valence-electron chi connectivity index (χ2n) is 5.49. The monoisotopic (exact) mass is 280 g/mol. The molecule has 0 unspecified atom stereocenters. The maximum atomic E-state index is 12.1. The molecule has 19 heavy (non-hydrogen) atoms. The van der Waals surface area contributed by atoms with Gasteiger partial charge in [0.25, 0.3) is 5.91 Å². The third-order valence-electron chi connectivity index (χ3n) is 4.15. The minimum Gasteiger partial charge on any atom is -0.350 e. The van der Waals surface area contributed by atoms with E-state index < -0.39 is 0 Å². The maximum Gasteiger partial charge on any atom is 0.251 e. The highest BCUT2D eigenvalue weighted by Gasteiger charge is 2.39. The summed E-state index contributed by atoms with van der Waals surface area (Å²) in [5, 5.41) is 3.05. The van der Waals surface area contributed by atoms with E-state index >= 15 is 0 Å². The molecule has 0 saturated heterocycles. The lowest BCUT2D eigenvalue weighted by atomic mass is 9.75. The molecule has 1 aliphatic rings. The predicted octanol–water partition coefficient (Wildman–Crippen LogP) is 2.64. The SMILES string of the molecule is CN(C)C1(CNC(=O)c2cccc(CCl)c2)CCC1. The molecule has 1 fully saturated rings. The van der Waals surface area contributed by atoms with Crippen LogP contribution in [-0.4, -0.2) is 37.0 Å². The molecular formula is C15H21ClN2O. The van der Waals surface area contributed by atoms with Crippen LogP contribution in [0.25, 0.3) is 0 Å². The molecule has 1 aromatic carbocycles. The number of hydrogen-bond donors (Lipinski definition) is 1. The zero-order valence-electron chi connectivity index (χ0n) is 11.6. The maximum absolute atomic E-state index is 12.1. The molecule has 1 aromatic rings. The highest BCUT2D eigenvalue weighted by molar-refractivity contribution is 6.17. The molecule has 0 radical (unpaired) electrons. The first kappa shape index (κ1) is 14.4. The summed E-state index contributed by atoms with van der Waals surface area (Å²) in [5.74, 6) is 0.419. The van der Waals surface area contributed by atoms with Crippen molar-refractivity contribution < 1.29 is 4.79 Å². The Balaban J connectivity index is 1.97. The fourth-order valence-electron chi connectivity index (χ4n) is 2.51. The smallest absolute Gasteiger partial charge is 0.251 e. The Morgan fingerprint density at radius 3 is 2.68 bits per heavy atom. The number of likely N-dealkylation sites (N-methyl/N-ethyl adjacent to an activating group) is 1. The van der Waals surface area contributed by atoms with Gasteiger partial charge in [-0.25, -0.2) is 0 Å². The molecule has 1 aliphatic carbocycles. The molecule has 0 spiro atoms. The van der Waals surface area contributed by atoms with Gasteiger partial charge in [-0.05, 0) is 51.1 Å². The molecule has 0 bridgehead atoms. The van der Waals surface area contributed by atoms with Gasteiger partial charge in [0.2, 0.25) is 0 Å². The van der Waals surface area contributed by atoms with E-state index in [4.69, 9.17) is 11.6 Å². The predicted molar refractivity (Wildman–Crippen MR) is 78.6 cm³/mol. The molecule has 0 heterocycles. The van der Waals surface area contributed by atoms with Crippen molar-refractivity contribution in [3.63, 3.8) is 0 Å². The lowest BCUT2D eigenvalue weighted by Gasteiger charge is -2.47. The van der Waals surface area contributed by atoms with Gasteiger partial charge in [0, 0.05) is 23.5 Å². The van der Waals surface area contributed by atoms with Crippen LogP contribution < -0.4 is 5.32 Å². The van der Waals surface area contributed by atoms with Crippen molar-refractivity contribution in [2.24, 2.45) is 0 Å². The summed E-state index contributed by atoms with van der Waals surface area (Å²) >= 11 is 5.79. The topological polar surface area (TPSA) is 32.3 Å². The molecule has 0 aromatic heterocycles. The Bertz CT molecular complexity index is 455. The Labute approximate surface area is 119 Å². The normalized spacial score (nSPS) is 17.1. The summed E-state index contributed by atoms with van der Waals surface area (Å²) in [5.41, 5.74) is 1.81. The number of nitrogens with one attached hydrogen (secondary N) is 1. The number of benzene rings is 1. The zero-order valence-corrected chi connectivity index (χ0v) is 12.3. The van der Waals surface area contributed by atoms with Crippen LogP contribution in [0.3, 0.4) is 0 Å². The van der Waals surface area contributed by atoms with Crippen LogP contribution in [0, 0.1) is 0 Å². The first-order valence-electron chi connectivity index (χ1n) is 6.68. The van der Waals surface area contributed by atoms with E-state index in [0.717, 1.165) is 18.4 Å². The second kappa shape index (κ2) is 5.93. The van der Waals surface area contributed by atoms with Gasteiger partial charge < -0.3 is 10.2 Å². The molecule has 2 rings (SSSR count). The van der Waals surface area contributed by atoms with Crippen molar-refractivity contribution in [3.8, 4) is 0 Å². The lowest BCUT2D eigenvalue weighted by molar-refractivity contribution is 0.0557. The van der Waals surface area contributed by atoms with Crippen molar-refractivity contribution in [3.05, 3.63) is 35.4 Å². The van der Waals surface area contributed by atoms with Gasteiger partial charge in [-0.3, -0.25) is 4.79 Å². The number of alkyl halides is 1. The van der Waals surface area contributed by atoms with Crippen molar-refractivity contribution in [1.29, 1.82) is 0 Å². The number of amides is 1. The van der Waals surface area contributed by atoms with Gasteiger partial charge in [-0.1, -0.05) is 12.1 Å². The van der Waals surface area contributed by atoms with E-state index in [1.807, 2.05) is 24.3 Å². The van der Waals surface area contributed by atoms with Crippen molar-refractivity contribution in [2.45, 2.75) is 30.7 Å². The molecule has 1 saturated carbocycles. The largest absolute Gasteiger partial charge is 0.350 e. The third-order valence-corrected chi connectivity index (χ3v) is 4.46. The lowest BCUT2D eigenvalue weighted by Crippen LogP contribution is -2.57. The average Bonchev–Trinajstić information content (AvgIpc) is 2.37. The Morgan fingerprint density at radius 1 is 1.42 bits per heavy atom. The number of hydrogen-bond acceptors (Lipinski definition) is 2. The van der Waals surface area contributed by atoms with Gasteiger partial charge in [0.05, 0.1) is 0 Å². The standard InChI is InChI=1S/C15H21ClN2O/c1-18(2)15(7-4-8-15)11-17-14(19)13-6-3-5-12(9-13)10-16/h3,5-6,9H,4,7-8,10-11H2,1-2H3,(H,17,19). The number of carbonyl (C=O) groups is 1. The van der Waals surface area contributed by atoms with Crippen LogP contribution in [0.5, 0.6) is 0 Å². The third kappa shape index (κ3) is 3.10. The van der Waals surface area contributed by atoms with Crippen LogP contribution >= 0.6 is 11.6 Å². The first-order valence-corrected chi connectivity index (χ1v) is 7.21. The quantitative estimate of drug-likeness (QED) is 0.841. The van der Waals surface area contributed by atoms with E-state index in [1.165, 1.54) is 6.42 Å². The minimum atomic E-state index is -0.0138. The molecular weight excluding hydrogens is 260 g/mol. The fourth-order valence-corrected chi connectivity index (χ4v) is 2.68. The van der Waals surface area contributed by atoms with E-state index in [9.17, 15) is 4.79 Å². The second-order valence-corrected chi connectivity index (χ2v) is 5.76. The molecule has 0 aliphatic heterocycles. The van der Waals surface area contributed by atoms with Crippen LogP contribution in [0.2, 0.25) is 0 Å². The van der Waals surface area contributed by atoms with Gasteiger partial charge in [0.15, 0.2) is 0 Å². The van der Waals surface area contributed by atoms with Crippen LogP contribution in [-0.2, 0) is 5.88 Å². The zero-order chi connectivity index (χ0) is 13.9. The average molecular weight is 281 g/mol. The summed E-state index contributed by atoms with van der Waals surface area (Å²) in [6, 6.07) is 7.48. The number of nitrogens with zero attached hydrogens (tertiary/aromatic N) is 1. The highest BCUT2D eigenvalue weighted by atomic mass is 35.5. The van der Waals surface area contributed by atoms with E-state index in [1.54, 1.807) is 0 Å². The summed E-state index contributed by atoms with van der Waals surface area (Å²) in [4.78, 5) is 14.4. The summed E-state index contributed by atoms with van der Waals surface area (Å²) in [6.45, 7) is 0.712. The Kier molecular flexibility index (Phi) is 4.48. The molecule has 1 N–H and O–H groups in total. The highest BCUT2D eigenvalue weighted by Crippen LogP contribution is 2.35.